The molecule has 0 spiro atoms. The van der Waals surface area contributed by atoms with Crippen molar-refractivity contribution in [2.75, 3.05) is 0 Å². The molecular formula is C17H16N2OS. The van der Waals surface area contributed by atoms with Gasteiger partial charge in [-0.1, -0.05) is 43.3 Å². The van der Waals surface area contributed by atoms with E-state index in [-0.39, 0.29) is 0 Å². The third-order valence-electron chi connectivity index (χ3n) is 4.29. The molecule has 0 aliphatic heterocycles. The van der Waals surface area contributed by atoms with Crippen LogP contribution in [0.4, 0.5) is 0 Å². The summed E-state index contributed by atoms with van der Waals surface area (Å²) in [7, 11) is 0. The van der Waals surface area contributed by atoms with E-state index in [0.717, 1.165) is 22.4 Å². The third kappa shape index (κ3) is 2.29. The van der Waals surface area contributed by atoms with Gasteiger partial charge in [-0.05, 0) is 30.9 Å². The number of benzene rings is 1. The highest BCUT2D eigenvalue weighted by Gasteiger charge is 2.19. The van der Waals surface area contributed by atoms with Gasteiger partial charge in [-0.15, -0.1) is 0 Å². The number of furan rings is 1. The van der Waals surface area contributed by atoms with Crippen molar-refractivity contribution in [1.29, 1.82) is 0 Å². The predicted octanol–water partition coefficient (Wildman–Crippen LogP) is 5.21. The number of nitrogens with zero attached hydrogens (tertiary/aromatic N) is 1. The van der Waals surface area contributed by atoms with Crippen molar-refractivity contribution in [1.82, 2.24) is 9.97 Å². The van der Waals surface area contributed by atoms with Gasteiger partial charge in [0.15, 0.2) is 0 Å². The van der Waals surface area contributed by atoms with Gasteiger partial charge in [-0.3, -0.25) is 0 Å². The monoisotopic (exact) mass is 296 g/mol. The molecule has 0 bridgehead atoms. The Morgan fingerprint density at radius 2 is 2.00 bits per heavy atom. The summed E-state index contributed by atoms with van der Waals surface area (Å²) in [6.45, 7) is 0. The normalized spacial score (nSPS) is 15.8. The Balaban J connectivity index is 1.86. The molecule has 1 aliphatic carbocycles. The molecule has 106 valence electrons. The van der Waals surface area contributed by atoms with Crippen LogP contribution in [0.15, 0.2) is 41.0 Å². The van der Waals surface area contributed by atoms with Crippen molar-refractivity contribution in [3.63, 3.8) is 0 Å². The Bertz CT molecular complexity index is 843. The maximum atomic E-state index is 5.61. The molecule has 0 radical (unpaired) electrons. The van der Waals surface area contributed by atoms with Gasteiger partial charge in [-0.2, -0.15) is 0 Å². The predicted molar refractivity (Wildman–Crippen MR) is 85.8 cm³/mol. The van der Waals surface area contributed by atoms with Crippen LogP contribution in [0.3, 0.4) is 0 Å². The quantitative estimate of drug-likeness (QED) is 0.660. The molecule has 21 heavy (non-hydrogen) atoms. The lowest BCUT2D eigenvalue weighted by molar-refractivity contribution is 0.616. The van der Waals surface area contributed by atoms with Gasteiger partial charge in [0.2, 0.25) is 0 Å². The number of rotatable bonds is 2. The van der Waals surface area contributed by atoms with Crippen LogP contribution in [0.5, 0.6) is 0 Å². The molecule has 3 aromatic rings. The molecule has 2 heterocycles. The minimum absolute atomic E-state index is 0.589. The number of H-pyrrole nitrogens is 1. The first kappa shape index (κ1) is 12.8. The van der Waals surface area contributed by atoms with Crippen molar-refractivity contribution in [2.24, 2.45) is 0 Å². The second kappa shape index (κ2) is 5.11. The SMILES string of the molecule is S=c1cc(C2CCCC2)[nH]c(-c2coc3ccccc23)n1. The van der Waals surface area contributed by atoms with Crippen LogP contribution in [0.25, 0.3) is 22.4 Å². The van der Waals surface area contributed by atoms with Gasteiger partial charge in [0.05, 0.1) is 5.56 Å². The molecule has 0 atom stereocenters. The molecule has 0 amide bonds. The van der Waals surface area contributed by atoms with E-state index >= 15 is 0 Å². The van der Waals surface area contributed by atoms with Crippen LogP contribution in [-0.2, 0) is 0 Å². The van der Waals surface area contributed by atoms with E-state index in [2.05, 4.69) is 16.0 Å². The first-order chi connectivity index (χ1) is 10.3. The fourth-order valence-corrected chi connectivity index (χ4v) is 3.44. The Labute approximate surface area is 128 Å². The van der Waals surface area contributed by atoms with E-state index in [4.69, 9.17) is 16.6 Å². The van der Waals surface area contributed by atoms with Crippen LogP contribution >= 0.6 is 12.2 Å². The standard InChI is InChI=1S/C17H16N2OS/c21-16-9-14(11-5-1-2-6-11)18-17(19-16)13-10-20-15-8-4-3-7-12(13)15/h3-4,7-11H,1-2,5-6H2,(H,18,19,21). The lowest BCUT2D eigenvalue weighted by Gasteiger charge is -2.11. The smallest absolute Gasteiger partial charge is 0.143 e. The van der Waals surface area contributed by atoms with E-state index < -0.39 is 0 Å². The molecule has 1 aromatic carbocycles. The van der Waals surface area contributed by atoms with Crippen LogP contribution in [-0.4, -0.2) is 9.97 Å². The average molecular weight is 296 g/mol. The van der Waals surface area contributed by atoms with E-state index in [0.29, 0.717) is 10.6 Å². The highest BCUT2D eigenvalue weighted by atomic mass is 32.1. The van der Waals surface area contributed by atoms with E-state index in [1.165, 1.54) is 31.4 Å². The van der Waals surface area contributed by atoms with Crippen molar-refractivity contribution in [2.45, 2.75) is 31.6 Å². The number of fused-ring (bicyclic) bond motifs is 1. The summed E-state index contributed by atoms with van der Waals surface area (Å²) in [5.74, 6) is 1.40. The molecule has 2 aromatic heterocycles. The zero-order valence-corrected chi connectivity index (χ0v) is 12.5. The van der Waals surface area contributed by atoms with Crippen molar-refractivity contribution >= 4 is 23.2 Å². The molecule has 1 aliphatic rings. The fourth-order valence-electron chi connectivity index (χ4n) is 3.22. The number of nitrogens with one attached hydrogen (secondary N) is 1. The lowest BCUT2D eigenvalue weighted by atomic mass is 10.0. The zero-order valence-electron chi connectivity index (χ0n) is 11.6. The molecule has 4 heteroatoms. The molecule has 4 rings (SSSR count). The van der Waals surface area contributed by atoms with Gasteiger partial charge in [0, 0.05) is 11.1 Å². The summed E-state index contributed by atoms with van der Waals surface area (Å²) in [6.07, 6.45) is 6.84. The van der Waals surface area contributed by atoms with Gasteiger partial charge >= 0.3 is 0 Å². The Kier molecular flexibility index (Phi) is 3.11. The van der Waals surface area contributed by atoms with Gasteiger partial charge < -0.3 is 9.40 Å². The second-order valence-electron chi connectivity index (χ2n) is 5.65. The number of para-hydroxylation sites is 1. The summed E-state index contributed by atoms with van der Waals surface area (Å²) < 4.78 is 6.26. The number of aromatic amines is 1. The summed E-state index contributed by atoms with van der Waals surface area (Å²) >= 11 is 5.36. The Hall–Kier alpha value is -1.94. The number of aromatic nitrogens is 2. The Morgan fingerprint density at radius 3 is 2.86 bits per heavy atom. The minimum Gasteiger partial charge on any atom is -0.464 e. The third-order valence-corrected chi connectivity index (χ3v) is 4.50. The largest absolute Gasteiger partial charge is 0.464 e. The van der Waals surface area contributed by atoms with E-state index in [1.54, 1.807) is 6.26 Å². The molecule has 1 saturated carbocycles. The molecular weight excluding hydrogens is 280 g/mol. The first-order valence-electron chi connectivity index (χ1n) is 7.39. The van der Waals surface area contributed by atoms with Gasteiger partial charge in [-0.25, -0.2) is 4.98 Å². The van der Waals surface area contributed by atoms with Crippen LogP contribution in [0.1, 0.15) is 37.3 Å². The number of hydrogen-bond donors (Lipinski definition) is 1. The maximum absolute atomic E-state index is 5.61. The van der Waals surface area contributed by atoms with Crippen LogP contribution in [0.2, 0.25) is 0 Å². The van der Waals surface area contributed by atoms with E-state index in [1.807, 2.05) is 24.3 Å². The molecule has 1 fully saturated rings. The minimum atomic E-state index is 0.589. The summed E-state index contributed by atoms with van der Waals surface area (Å²) in [6, 6.07) is 10.0. The topological polar surface area (TPSA) is 41.8 Å². The Morgan fingerprint density at radius 1 is 1.19 bits per heavy atom. The zero-order chi connectivity index (χ0) is 14.2. The van der Waals surface area contributed by atoms with Crippen molar-refractivity contribution in [3.05, 3.63) is 46.9 Å². The summed E-state index contributed by atoms with van der Waals surface area (Å²) in [4.78, 5) is 7.98. The molecule has 0 saturated heterocycles. The van der Waals surface area contributed by atoms with E-state index in [9.17, 15) is 0 Å². The summed E-state index contributed by atoms with van der Waals surface area (Å²) in [5, 5.41) is 1.07. The van der Waals surface area contributed by atoms with Gasteiger partial charge in [0.25, 0.3) is 0 Å². The van der Waals surface area contributed by atoms with Crippen molar-refractivity contribution in [3.8, 4) is 11.4 Å². The average Bonchev–Trinajstić information content (AvgIpc) is 3.16. The van der Waals surface area contributed by atoms with Crippen molar-refractivity contribution < 1.29 is 4.42 Å². The lowest BCUT2D eigenvalue weighted by Crippen LogP contribution is -2.00. The fraction of sp³-hybridized carbons (Fsp3) is 0.294. The second-order valence-corrected chi connectivity index (χ2v) is 6.07. The number of hydrogen-bond acceptors (Lipinski definition) is 3. The van der Waals surface area contributed by atoms with Crippen LogP contribution < -0.4 is 0 Å². The van der Waals surface area contributed by atoms with Gasteiger partial charge in [0.1, 0.15) is 22.3 Å². The van der Waals surface area contributed by atoms with Crippen LogP contribution in [0, 0.1) is 4.64 Å². The molecule has 0 unspecified atom stereocenters. The maximum Gasteiger partial charge on any atom is 0.143 e. The molecule has 3 nitrogen and oxygen atoms in total. The summed E-state index contributed by atoms with van der Waals surface area (Å²) in [5.41, 5.74) is 3.07. The highest BCUT2D eigenvalue weighted by molar-refractivity contribution is 7.71. The highest BCUT2D eigenvalue weighted by Crippen LogP contribution is 2.34. The first-order valence-corrected chi connectivity index (χ1v) is 7.80. The molecule has 1 N–H and O–H groups in total.